The van der Waals surface area contributed by atoms with Crippen LogP contribution in [0.4, 0.5) is 0 Å². The molecule has 1 fully saturated rings. The molecule has 1 aliphatic rings. The molecule has 1 atom stereocenters. The predicted molar refractivity (Wildman–Crippen MR) is 169 cm³/mol. The highest BCUT2D eigenvalue weighted by Gasteiger charge is 2.20. The van der Waals surface area contributed by atoms with Gasteiger partial charge < -0.3 is 15.0 Å². The van der Waals surface area contributed by atoms with Crippen LogP contribution in [0.25, 0.3) is 22.2 Å². The fraction of sp³-hybridized carbons (Fsp3) is 0.312. The maximum absolute atomic E-state index is 13.2. The second kappa shape index (κ2) is 13.8. The zero-order valence-electron chi connectivity index (χ0n) is 24.1. The van der Waals surface area contributed by atoms with Gasteiger partial charge in [-0.15, -0.1) is 0 Å². The summed E-state index contributed by atoms with van der Waals surface area (Å²) in [5.74, 6) is -0.210. The number of hydrogen-bond donors (Lipinski definition) is 1. The molecule has 4 aromatic rings. The second-order valence-electron chi connectivity index (χ2n) is 10.7. The number of ether oxygens (including phenoxy) is 1. The Morgan fingerprint density at radius 3 is 2.44 bits per heavy atom. The van der Waals surface area contributed by atoms with Crippen molar-refractivity contribution in [2.24, 2.45) is 0 Å². The van der Waals surface area contributed by atoms with Crippen molar-refractivity contribution in [2.75, 3.05) is 53.5 Å². The van der Waals surface area contributed by atoms with E-state index >= 15 is 0 Å². The zero-order valence-corrected chi connectivity index (χ0v) is 25.6. The summed E-state index contributed by atoms with van der Waals surface area (Å²) in [7, 11) is 3.47. The van der Waals surface area contributed by atoms with Gasteiger partial charge in [-0.25, -0.2) is 4.98 Å². The number of aromatic nitrogens is 2. The van der Waals surface area contributed by atoms with Gasteiger partial charge in [0.15, 0.2) is 5.78 Å². The molecule has 0 spiro atoms. The Morgan fingerprint density at radius 1 is 1.00 bits per heavy atom. The number of benzene rings is 3. The molecule has 0 aliphatic carbocycles. The van der Waals surface area contributed by atoms with E-state index in [2.05, 4.69) is 15.2 Å². The fourth-order valence-corrected chi connectivity index (χ4v) is 5.43. The minimum absolute atomic E-state index is 0.0492. The van der Waals surface area contributed by atoms with Gasteiger partial charge in [-0.3, -0.25) is 23.9 Å². The number of carbonyl (C=O) groups excluding carboxylic acids is 2. The number of ketones is 1. The Labute approximate surface area is 260 Å². The number of rotatable bonds is 10. The smallest absolute Gasteiger partial charge is 0.269 e. The van der Waals surface area contributed by atoms with Gasteiger partial charge in [-0.2, -0.15) is 0 Å². The lowest BCUT2D eigenvalue weighted by atomic mass is 9.98. The van der Waals surface area contributed by atoms with Gasteiger partial charge in [-0.05, 0) is 41.0 Å². The topological polar surface area (TPSA) is 96.8 Å². The molecule has 1 unspecified atom stereocenters. The molecule has 1 N–H and O–H groups in total. The van der Waals surface area contributed by atoms with E-state index in [0.717, 1.165) is 29.8 Å². The summed E-state index contributed by atoms with van der Waals surface area (Å²) in [6, 6.07) is 18.7. The minimum Gasteiger partial charge on any atom is -0.379 e. The van der Waals surface area contributed by atoms with Gasteiger partial charge >= 0.3 is 0 Å². The Kier molecular flexibility index (Phi) is 9.90. The Hall–Kier alpha value is -3.60. The molecule has 1 aliphatic heterocycles. The monoisotopic (exact) mass is 621 g/mol. The molecule has 0 radical (unpaired) electrons. The molecule has 11 heteroatoms. The Bertz CT molecular complexity index is 1680. The van der Waals surface area contributed by atoms with E-state index in [1.807, 2.05) is 48.5 Å². The predicted octanol–water partition coefficient (Wildman–Crippen LogP) is 4.30. The normalized spacial score (nSPS) is 14.5. The summed E-state index contributed by atoms with van der Waals surface area (Å²) in [6.07, 6.45) is 1.18. The van der Waals surface area contributed by atoms with Crippen LogP contribution in [0.15, 0.2) is 71.7 Å². The van der Waals surface area contributed by atoms with Crippen molar-refractivity contribution < 1.29 is 14.3 Å². The van der Waals surface area contributed by atoms with Gasteiger partial charge in [0, 0.05) is 45.3 Å². The summed E-state index contributed by atoms with van der Waals surface area (Å²) < 4.78 is 6.89. The molecule has 0 saturated carbocycles. The third-order valence-corrected chi connectivity index (χ3v) is 8.20. The first-order chi connectivity index (χ1) is 20.7. The van der Waals surface area contributed by atoms with Crippen molar-refractivity contribution in [3.05, 3.63) is 98.4 Å². The summed E-state index contributed by atoms with van der Waals surface area (Å²) in [5, 5.41) is 4.04. The first kappa shape index (κ1) is 30.8. The number of nitrogens with zero attached hydrogens (tertiary/aromatic N) is 4. The van der Waals surface area contributed by atoms with Crippen molar-refractivity contribution in [1.29, 1.82) is 0 Å². The van der Waals surface area contributed by atoms with E-state index in [1.54, 1.807) is 31.1 Å². The van der Waals surface area contributed by atoms with Crippen LogP contribution in [-0.4, -0.2) is 84.5 Å². The number of carbonyl (C=O) groups is 2. The maximum Gasteiger partial charge on any atom is 0.269 e. The molecule has 2 heterocycles. The highest BCUT2D eigenvalue weighted by molar-refractivity contribution is 6.42. The summed E-state index contributed by atoms with van der Waals surface area (Å²) in [4.78, 5) is 46.3. The van der Waals surface area contributed by atoms with Crippen molar-refractivity contribution in [3.8, 4) is 11.1 Å². The van der Waals surface area contributed by atoms with Gasteiger partial charge in [0.05, 0.1) is 53.6 Å². The zero-order chi connectivity index (χ0) is 30.5. The van der Waals surface area contributed by atoms with Crippen LogP contribution < -0.4 is 10.9 Å². The van der Waals surface area contributed by atoms with Crippen LogP contribution >= 0.6 is 23.2 Å². The molecule has 9 nitrogen and oxygen atoms in total. The van der Waals surface area contributed by atoms with Crippen molar-refractivity contribution in [1.82, 2.24) is 24.7 Å². The molecule has 43 heavy (non-hydrogen) atoms. The third kappa shape index (κ3) is 7.49. The van der Waals surface area contributed by atoms with E-state index in [1.165, 1.54) is 10.8 Å². The molecule has 0 bridgehead atoms. The van der Waals surface area contributed by atoms with Crippen molar-refractivity contribution in [2.45, 2.75) is 12.6 Å². The van der Waals surface area contributed by atoms with E-state index in [9.17, 15) is 14.4 Å². The van der Waals surface area contributed by atoms with Gasteiger partial charge in [0.2, 0.25) is 0 Å². The molecule has 224 valence electrons. The first-order valence-corrected chi connectivity index (χ1v) is 14.8. The molecule has 1 aromatic heterocycles. The lowest BCUT2D eigenvalue weighted by molar-refractivity contribution is -0.119. The van der Waals surface area contributed by atoms with Crippen LogP contribution in [0.5, 0.6) is 0 Å². The van der Waals surface area contributed by atoms with Crippen molar-refractivity contribution in [3.63, 3.8) is 0 Å². The van der Waals surface area contributed by atoms with E-state index < -0.39 is 5.56 Å². The van der Waals surface area contributed by atoms with Crippen LogP contribution in [0.2, 0.25) is 10.0 Å². The van der Waals surface area contributed by atoms with E-state index in [0.29, 0.717) is 41.4 Å². The molecule has 1 amide bonds. The lowest BCUT2D eigenvalue weighted by Crippen LogP contribution is -2.43. The third-order valence-electron chi connectivity index (χ3n) is 7.48. The highest BCUT2D eigenvalue weighted by Crippen LogP contribution is 2.27. The standard InChI is InChI=1S/C32H33Cl2N5O4/c1-37(2)32(42)24-5-3-4-23(14-24)21-6-8-22(9-7-21)29(20-38-10-12-43-13-11-38)35-17-25(40)19-39-30-16-27(34)26(33)15-28(30)36-18-31(39)41/h3-9,14-16,18,29,35H,10-13,17,19-20H2,1-2H3. The van der Waals surface area contributed by atoms with E-state index in [-0.39, 0.29) is 35.8 Å². The maximum atomic E-state index is 13.2. The number of halogens is 2. The highest BCUT2D eigenvalue weighted by atomic mass is 35.5. The number of amides is 1. The SMILES string of the molecule is CN(C)C(=O)c1cccc(-c2ccc(C(CN3CCOCC3)NCC(=O)Cn3c(=O)cnc4cc(Cl)c(Cl)cc43)cc2)c1. The van der Waals surface area contributed by atoms with Crippen molar-refractivity contribution >= 4 is 45.9 Å². The van der Waals surface area contributed by atoms with E-state index in [4.69, 9.17) is 27.9 Å². The summed E-state index contributed by atoms with van der Waals surface area (Å²) in [5.41, 5.74) is 4.13. The van der Waals surface area contributed by atoms with Crippen LogP contribution in [-0.2, 0) is 16.1 Å². The van der Waals surface area contributed by atoms with Crippen LogP contribution in [0.3, 0.4) is 0 Å². The molecular weight excluding hydrogens is 589 g/mol. The Morgan fingerprint density at radius 2 is 1.72 bits per heavy atom. The van der Waals surface area contributed by atoms with Crippen LogP contribution in [0.1, 0.15) is 22.0 Å². The number of morpholine rings is 1. The first-order valence-electron chi connectivity index (χ1n) is 14.0. The number of Topliss-reactive ketones (excluding diaryl/α,β-unsaturated/α-hetero) is 1. The number of fused-ring (bicyclic) bond motifs is 1. The second-order valence-corrected chi connectivity index (χ2v) is 11.5. The fourth-order valence-electron chi connectivity index (χ4n) is 5.12. The lowest BCUT2D eigenvalue weighted by Gasteiger charge is -2.31. The molecule has 1 saturated heterocycles. The minimum atomic E-state index is -0.393. The molecule has 3 aromatic carbocycles. The Balaban J connectivity index is 1.33. The van der Waals surface area contributed by atoms with Crippen LogP contribution in [0, 0.1) is 0 Å². The summed E-state index contributed by atoms with van der Waals surface area (Å²) in [6.45, 7) is 3.55. The van der Waals surface area contributed by atoms with Gasteiger partial charge in [0.25, 0.3) is 11.5 Å². The largest absolute Gasteiger partial charge is 0.379 e. The van der Waals surface area contributed by atoms with Gasteiger partial charge in [-0.1, -0.05) is 59.6 Å². The summed E-state index contributed by atoms with van der Waals surface area (Å²) >= 11 is 12.3. The average molecular weight is 623 g/mol. The molecule has 5 rings (SSSR count). The number of nitrogens with one attached hydrogen (secondary N) is 1. The van der Waals surface area contributed by atoms with Gasteiger partial charge in [0.1, 0.15) is 0 Å². The molecular formula is C32H33Cl2N5O4. The number of hydrogen-bond acceptors (Lipinski definition) is 7. The quantitative estimate of drug-likeness (QED) is 0.282. The average Bonchev–Trinajstić information content (AvgIpc) is 3.02.